The molecule has 0 saturated carbocycles. The lowest BCUT2D eigenvalue weighted by Gasteiger charge is -2.24. The van der Waals surface area contributed by atoms with Crippen molar-refractivity contribution in [3.8, 4) is 0 Å². The average molecular weight is 745 g/mol. The van der Waals surface area contributed by atoms with Crippen LogP contribution in [0.2, 0.25) is 0 Å². The first kappa shape index (κ1) is 49.5. The fourth-order valence-electron chi connectivity index (χ4n) is 5.41. The predicted molar refractivity (Wildman–Crippen MR) is 211 cm³/mol. The van der Waals surface area contributed by atoms with E-state index in [4.69, 9.17) is 18.5 Å². The minimum absolute atomic E-state index is 0.0297. The molecule has 0 amide bonds. The molecule has 0 heterocycles. The van der Waals surface area contributed by atoms with E-state index in [9.17, 15) is 19.0 Å². The lowest BCUT2D eigenvalue weighted by atomic mass is 10.1. The number of likely N-dealkylation sites (N-methyl/N-ethyl adjacent to an activating group) is 1. The summed E-state index contributed by atoms with van der Waals surface area (Å²) in [5.74, 6) is -0.818. The maximum absolute atomic E-state index is 12.6. The van der Waals surface area contributed by atoms with Crippen LogP contribution in [0.25, 0.3) is 0 Å². The van der Waals surface area contributed by atoms with Gasteiger partial charge in [-0.3, -0.25) is 18.6 Å². The summed E-state index contributed by atoms with van der Waals surface area (Å²) in [7, 11) is 1.47. The van der Waals surface area contributed by atoms with Crippen LogP contribution in [-0.2, 0) is 32.7 Å². The van der Waals surface area contributed by atoms with E-state index >= 15 is 0 Å². The number of hydrogen-bond donors (Lipinski definition) is 1. The Morgan fingerprint density at radius 1 is 0.588 bits per heavy atom. The highest BCUT2D eigenvalue weighted by Crippen LogP contribution is 2.43. The maximum Gasteiger partial charge on any atom is 0.472 e. The molecule has 0 bridgehead atoms. The molecule has 1 N–H and O–H groups in total. The molecule has 0 aliphatic heterocycles. The third-order valence-corrected chi connectivity index (χ3v) is 9.69. The molecule has 0 aromatic heterocycles. The highest BCUT2D eigenvalue weighted by molar-refractivity contribution is 7.47. The number of carbonyl (C=O) groups excluding carboxylic acids is 2. The van der Waals surface area contributed by atoms with Crippen molar-refractivity contribution < 1.29 is 42.1 Å². The molecule has 1 unspecified atom stereocenters. The van der Waals surface area contributed by atoms with Gasteiger partial charge < -0.3 is 18.9 Å². The number of carbonyl (C=O) groups is 2. The van der Waals surface area contributed by atoms with E-state index in [1.807, 2.05) is 21.1 Å². The van der Waals surface area contributed by atoms with Crippen LogP contribution in [0.5, 0.6) is 0 Å². The second kappa shape index (κ2) is 34.3. The SMILES string of the molecule is CCCCCC/C=C/CCCCCCCC(=O)O[C@H](COC(=O)CCCCCCC/C=C/CCCCCCC)COP(=O)(O)OCC[N+](C)(C)C. The Bertz CT molecular complexity index is 933. The molecule has 0 fully saturated rings. The van der Waals surface area contributed by atoms with Crippen molar-refractivity contribution in [1.82, 2.24) is 0 Å². The van der Waals surface area contributed by atoms with Gasteiger partial charge in [0.1, 0.15) is 19.8 Å². The monoisotopic (exact) mass is 745 g/mol. The van der Waals surface area contributed by atoms with E-state index in [0.29, 0.717) is 17.4 Å². The minimum Gasteiger partial charge on any atom is -0.462 e. The number of hydrogen-bond acceptors (Lipinski definition) is 7. The van der Waals surface area contributed by atoms with Gasteiger partial charge in [-0.15, -0.1) is 0 Å². The van der Waals surface area contributed by atoms with Crippen molar-refractivity contribution in [3.63, 3.8) is 0 Å². The molecule has 10 heteroatoms. The number of phosphoric ester groups is 1. The molecule has 0 aliphatic rings. The van der Waals surface area contributed by atoms with Crippen LogP contribution in [0, 0.1) is 0 Å². The molecule has 0 aromatic rings. The normalized spacial score (nSPS) is 13.9. The van der Waals surface area contributed by atoms with Gasteiger partial charge in [-0.1, -0.05) is 122 Å². The summed E-state index contributed by atoms with van der Waals surface area (Å²) in [4.78, 5) is 35.2. The molecule has 51 heavy (non-hydrogen) atoms. The molecular weight excluding hydrogens is 665 g/mol. The van der Waals surface area contributed by atoms with Crippen LogP contribution in [0.15, 0.2) is 24.3 Å². The van der Waals surface area contributed by atoms with E-state index in [-0.39, 0.29) is 32.0 Å². The number of nitrogens with zero attached hydrogens (tertiary/aromatic N) is 1. The maximum atomic E-state index is 12.6. The molecular formula is C41H79NO8P+. The van der Waals surface area contributed by atoms with E-state index in [1.165, 1.54) is 70.6 Å². The van der Waals surface area contributed by atoms with Crippen LogP contribution in [0.4, 0.5) is 0 Å². The van der Waals surface area contributed by atoms with Crippen molar-refractivity contribution in [2.75, 3.05) is 47.5 Å². The van der Waals surface area contributed by atoms with Gasteiger partial charge in [-0.25, -0.2) is 4.57 Å². The summed E-state index contributed by atoms with van der Waals surface area (Å²) < 4.78 is 34.2. The van der Waals surface area contributed by atoms with E-state index in [1.54, 1.807) is 0 Å². The Balaban J connectivity index is 4.42. The van der Waals surface area contributed by atoms with Crippen LogP contribution in [-0.4, -0.2) is 74.9 Å². The highest BCUT2D eigenvalue weighted by atomic mass is 31.2. The van der Waals surface area contributed by atoms with Gasteiger partial charge in [0.05, 0.1) is 27.7 Å². The van der Waals surface area contributed by atoms with Gasteiger partial charge in [0.15, 0.2) is 6.10 Å². The molecule has 300 valence electrons. The minimum atomic E-state index is -4.37. The Hall–Kier alpha value is -1.51. The summed E-state index contributed by atoms with van der Waals surface area (Å²) in [5.41, 5.74) is 0. The molecule has 0 saturated heterocycles. The zero-order chi connectivity index (χ0) is 37.9. The van der Waals surface area contributed by atoms with Gasteiger partial charge in [0.25, 0.3) is 0 Å². The topological polar surface area (TPSA) is 108 Å². The quantitative estimate of drug-likeness (QED) is 0.0220. The van der Waals surface area contributed by atoms with Crippen LogP contribution in [0.3, 0.4) is 0 Å². The number of phosphoric acid groups is 1. The van der Waals surface area contributed by atoms with E-state index in [0.717, 1.165) is 70.6 Å². The zero-order valence-electron chi connectivity index (χ0n) is 33.6. The molecule has 0 aromatic carbocycles. The van der Waals surface area contributed by atoms with Crippen molar-refractivity contribution >= 4 is 19.8 Å². The van der Waals surface area contributed by atoms with Crippen LogP contribution < -0.4 is 0 Å². The summed E-state index contributed by atoms with van der Waals surface area (Å²) >= 11 is 0. The van der Waals surface area contributed by atoms with Crippen LogP contribution >= 0.6 is 7.82 Å². The predicted octanol–water partition coefficient (Wildman–Crippen LogP) is 11.2. The van der Waals surface area contributed by atoms with Gasteiger partial charge >= 0.3 is 19.8 Å². The summed E-state index contributed by atoms with van der Waals surface area (Å²) in [6.45, 7) is 4.37. The molecule has 0 radical (unpaired) electrons. The van der Waals surface area contributed by atoms with Crippen molar-refractivity contribution in [2.45, 2.75) is 180 Å². The van der Waals surface area contributed by atoms with Crippen molar-refractivity contribution in [1.29, 1.82) is 0 Å². The third kappa shape index (κ3) is 38.0. The third-order valence-electron chi connectivity index (χ3n) is 8.70. The summed E-state index contributed by atoms with van der Waals surface area (Å²) in [5, 5.41) is 0. The molecule has 0 aliphatic carbocycles. The number of allylic oxidation sites excluding steroid dienone is 4. The Labute approximate surface area is 313 Å². The Morgan fingerprint density at radius 2 is 1.00 bits per heavy atom. The second-order valence-corrected chi connectivity index (χ2v) is 16.5. The Kier molecular flexibility index (Phi) is 33.3. The summed E-state index contributed by atoms with van der Waals surface area (Å²) in [6, 6.07) is 0. The first-order chi connectivity index (χ1) is 24.5. The second-order valence-electron chi connectivity index (χ2n) is 15.0. The van der Waals surface area contributed by atoms with E-state index in [2.05, 4.69) is 38.2 Å². The zero-order valence-corrected chi connectivity index (χ0v) is 34.5. The van der Waals surface area contributed by atoms with Crippen molar-refractivity contribution in [2.24, 2.45) is 0 Å². The number of esters is 2. The van der Waals surface area contributed by atoms with Crippen molar-refractivity contribution in [3.05, 3.63) is 24.3 Å². The number of rotatable bonds is 37. The number of quaternary nitrogens is 1. The first-order valence-electron chi connectivity index (χ1n) is 20.6. The van der Waals surface area contributed by atoms with E-state index < -0.39 is 26.5 Å². The molecule has 9 nitrogen and oxygen atoms in total. The fourth-order valence-corrected chi connectivity index (χ4v) is 6.16. The van der Waals surface area contributed by atoms with Gasteiger partial charge in [0, 0.05) is 12.8 Å². The highest BCUT2D eigenvalue weighted by Gasteiger charge is 2.27. The largest absolute Gasteiger partial charge is 0.472 e. The number of unbranched alkanes of at least 4 members (excludes halogenated alkanes) is 19. The lowest BCUT2D eigenvalue weighted by molar-refractivity contribution is -0.870. The Morgan fingerprint density at radius 3 is 1.47 bits per heavy atom. The smallest absolute Gasteiger partial charge is 0.462 e. The van der Waals surface area contributed by atoms with Crippen LogP contribution in [0.1, 0.15) is 174 Å². The average Bonchev–Trinajstić information content (AvgIpc) is 3.07. The lowest BCUT2D eigenvalue weighted by Crippen LogP contribution is -2.37. The summed E-state index contributed by atoms with van der Waals surface area (Å²) in [6.07, 6.45) is 35.0. The molecule has 2 atom stereocenters. The number of ether oxygens (including phenoxy) is 2. The molecule has 0 rings (SSSR count). The van der Waals surface area contributed by atoms with Gasteiger partial charge in [-0.2, -0.15) is 0 Å². The fraction of sp³-hybridized carbons (Fsp3) is 0.854. The molecule has 0 spiro atoms. The first-order valence-corrected chi connectivity index (χ1v) is 22.1. The standard InChI is InChI=1S/C41H78NO8P/c1-6-8-10-12-14-16-18-20-22-23-25-27-29-31-33-40(43)47-37-39(38-49-51(45,46)48-36-35-42(3,4)5)50-41(44)34-32-30-28-26-24-21-19-17-15-13-11-9-7-2/h17-20,39H,6-16,21-38H2,1-5H3/p+1/b19-17+,20-18+/t39-/m1/s1. The van der Waals surface area contributed by atoms with Gasteiger partial charge in [-0.05, 0) is 64.2 Å². The van der Waals surface area contributed by atoms with Gasteiger partial charge in [0.2, 0.25) is 0 Å².